The molecule has 0 unspecified atom stereocenters. The van der Waals surface area contributed by atoms with Gasteiger partial charge < -0.3 is 4.43 Å². The summed E-state index contributed by atoms with van der Waals surface area (Å²) in [4.78, 5) is 10.3. The monoisotopic (exact) mass is 319 g/mol. The average molecular weight is 319 g/mol. The molecule has 0 amide bonds. The van der Waals surface area contributed by atoms with Crippen molar-refractivity contribution >= 4 is 19.6 Å². The van der Waals surface area contributed by atoms with Crippen LogP contribution in [0.4, 0.5) is 5.69 Å². The molecule has 0 aliphatic rings. The lowest BCUT2D eigenvalue weighted by atomic mass is 10.1. The summed E-state index contributed by atoms with van der Waals surface area (Å²) in [7, 11) is -1.89. The fourth-order valence-corrected chi connectivity index (χ4v) is 2.70. The Morgan fingerprint density at radius 2 is 1.77 bits per heavy atom. The normalized spacial score (nSPS) is 12.9. The molecule has 0 saturated heterocycles. The fourth-order valence-electron chi connectivity index (χ4n) is 1.68. The number of nitrogens with zero attached hydrogens (tertiary/aromatic N) is 1. The molecule has 0 saturated carbocycles. The van der Waals surface area contributed by atoms with E-state index in [0.717, 1.165) is 11.1 Å². The second-order valence-corrected chi connectivity index (χ2v) is 11.7. The Balaban J connectivity index is 2.88. The predicted molar refractivity (Wildman–Crippen MR) is 94.2 cm³/mol. The second kappa shape index (κ2) is 6.48. The lowest BCUT2D eigenvalue weighted by molar-refractivity contribution is -0.384. The Morgan fingerprint density at radius 3 is 2.18 bits per heavy atom. The highest BCUT2D eigenvalue weighted by Gasteiger charge is 2.38. The number of allylic oxidation sites excluding steroid dienone is 2. The second-order valence-electron chi connectivity index (χ2n) is 6.96. The number of hydrogen-bond donors (Lipinski definition) is 0. The summed E-state index contributed by atoms with van der Waals surface area (Å²) in [5, 5.41) is 10.8. The summed E-state index contributed by atoms with van der Waals surface area (Å²) in [6.45, 7) is 16.8. The van der Waals surface area contributed by atoms with Gasteiger partial charge in [0.25, 0.3) is 5.69 Å². The van der Waals surface area contributed by atoms with Crippen LogP contribution in [0.5, 0.6) is 0 Å². The lowest BCUT2D eigenvalue weighted by Crippen LogP contribution is -2.40. The van der Waals surface area contributed by atoms with E-state index in [1.807, 2.05) is 13.0 Å². The average Bonchev–Trinajstić information content (AvgIpc) is 2.36. The predicted octanol–water partition coefficient (Wildman–Crippen LogP) is 5.53. The first-order valence-corrected chi connectivity index (χ1v) is 10.2. The van der Waals surface area contributed by atoms with Gasteiger partial charge >= 0.3 is 0 Å². The van der Waals surface area contributed by atoms with E-state index in [9.17, 15) is 10.1 Å². The summed E-state index contributed by atoms with van der Waals surface area (Å²) >= 11 is 0. The highest BCUT2D eigenvalue weighted by Crippen LogP contribution is 2.38. The number of nitro groups is 1. The molecule has 1 rings (SSSR count). The highest BCUT2D eigenvalue weighted by atomic mass is 28.4. The van der Waals surface area contributed by atoms with Crippen LogP contribution in [0, 0.1) is 10.1 Å². The molecular formula is C17H25NO3Si. The maximum absolute atomic E-state index is 10.7. The largest absolute Gasteiger partial charge is 0.544 e. The van der Waals surface area contributed by atoms with E-state index in [-0.39, 0.29) is 10.7 Å². The first-order chi connectivity index (χ1) is 9.94. The van der Waals surface area contributed by atoms with Crippen molar-refractivity contribution in [3.05, 3.63) is 58.4 Å². The van der Waals surface area contributed by atoms with Gasteiger partial charge in [0, 0.05) is 12.1 Å². The Morgan fingerprint density at radius 1 is 1.27 bits per heavy atom. The molecule has 0 heterocycles. The molecule has 0 atom stereocenters. The van der Waals surface area contributed by atoms with E-state index >= 15 is 0 Å². The summed E-state index contributed by atoms with van der Waals surface area (Å²) in [5.74, 6) is 0.641. The molecule has 4 nitrogen and oxygen atoms in total. The van der Waals surface area contributed by atoms with Crippen molar-refractivity contribution in [1.82, 2.24) is 0 Å². The van der Waals surface area contributed by atoms with Crippen LogP contribution in [0.15, 0.2) is 42.7 Å². The zero-order chi connectivity index (χ0) is 17.1. The summed E-state index contributed by atoms with van der Waals surface area (Å²) in [6, 6.07) is 6.49. The van der Waals surface area contributed by atoms with Gasteiger partial charge in [-0.25, -0.2) is 0 Å². The molecule has 0 bridgehead atoms. The topological polar surface area (TPSA) is 52.4 Å². The van der Waals surface area contributed by atoms with Gasteiger partial charge in [-0.1, -0.05) is 27.4 Å². The number of nitro benzene ring substituents is 1. The molecule has 5 heteroatoms. The minimum absolute atomic E-state index is 0.0906. The molecule has 0 spiro atoms. The van der Waals surface area contributed by atoms with Gasteiger partial charge in [0.2, 0.25) is 8.32 Å². The third kappa shape index (κ3) is 4.56. The van der Waals surface area contributed by atoms with E-state index < -0.39 is 13.2 Å². The van der Waals surface area contributed by atoms with Crippen LogP contribution >= 0.6 is 0 Å². The van der Waals surface area contributed by atoms with Gasteiger partial charge in [-0.2, -0.15) is 0 Å². The van der Waals surface area contributed by atoms with Crippen molar-refractivity contribution < 1.29 is 9.35 Å². The number of benzene rings is 1. The maximum Gasteiger partial charge on any atom is 0.269 e. The van der Waals surface area contributed by atoms with Crippen molar-refractivity contribution in [3.8, 4) is 0 Å². The van der Waals surface area contributed by atoms with E-state index in [1.54, 1.807) is 12.1 Å². The first kappa shape index (κ1) is 18.2. The highest BCUT2D eigenvalue weighted by molar-refractivity contribution is 6.74. The molecule has 22 heavy (non-hydrogen) atoms. The smallest absolute Gasteiger partial charge is 0.269 e. The molecule has 120 valence electrons. The van der Waals surface area contributed by atoms with Crippen LogP contribution in [-0.4, -0.2) is 13.2 Å². The van der Waals surface area contributed by atoms with Gasteiger partial charge in [-0.15, -0.1) is 0 Å². The minimum Gasteiger partial charge on any atom is -0.544 e. The first-order valence-electron chi connectivity index (χ1n) is 7.25. The van der Waals surface area contributed by atoms with Gasteiger partial charge in [-0.3, -0.25) is 10.1 Å². The van der Waals surface area contributed by atoms with Crippen molar-refractivity contribution in [2.45, 2.75) is 45.8 Å². The molecule has 0 aromatic heterocycles. The Labute approximate surface area is 133 Å². The van der Waals surface area contributed by atoms with Crippen LogP contribution in [0.1, 0.15) is 33.3 Å². The van der Waals surface area contributed by atoms with E-state index in [1.165, 1.54) is 12.1 Å². The third-order valence-electron chi connectivity index (χ3n) is 4.10. The van der Waals surface area contributed by atoms with Crippen molar-refractivity contribution in [3.63, 3.8) is 0 Å². The van der Waals surface area contributed by atoms with Crippen molar-refractivity contribution in [2.24, 2.45) is 0 Å². The number of rotatable bonds is 5. The summed E-state index contributed by atoms with van der Waals surface area (Å²) in [6.07, 6.45) is 1.89. The lowest BCUT2D eigenvalue weighted by Gasteiger charge is -2.36. The van der Waals surface area contributed by atoms with Crippen molar-refractivity contribution in [2.75, 3.05) is 0 Å². The Hall–Kier alpha value is -1.88. The molecule has 0 aliphatic heterocycles. The standard InChI is InChI=1S/C17H25NO3Si/c1-13(15-8-10-16(11-9-15)18(19)20)12-14(2)21-22(6,7)17(3,4)5/h8-12H,2H2,1,3-7H3/b13-12+. The minimum atomic E-state index is -1.89. The molecule has 0 fully saturated rings. The van der Waals surface area contributed by atoms with Crippen LogP contribution in [0.2, 0.25) is 18.1 Å². The Bertz CT molecular complexity index is 595. The molecular weight excluding hydrogens is 294 g/mol. The quantitative estimate of drug-likeness (QED) is 0.235. The Kier molecular flexibility index (Phi) is 5.35. The van der Waals surface area contributed by atoms with Crippen LogP contribution in [-0.2, 0) is 4.43 Å². The van der Waals surface area contributed by atoms with E-state index in [2.05, 4.69) is 40.4 Å². The van der Waals surface area contributed by atoms with E-state index in [4.69, 9.17) is 4.43 Å². The zero-order valence-electron chi connectivity index (χ0n) is 14.3. The SMILES string of the molecule is C=C(/C=C(\C)c1ccc([N+](=O)[O-])cc1)O[Si](C)(C)C(C)(C)C. The molecule has 0 N–H and O–H groups in total. The van der Waals surface area contributed by atoms with Crippen molar-refractivity contribution in [1.29, 1.82) is 0 Å². The van der Waals surface area contributed by atoms with Crippen LogP contribution in [0.3, 0.4) is 0 Å². The summed E-state index contributed by atoms with van der Waals surface area (Å²) < 4.78 is 6.12. The van der Waals surface area contributed by atoms with Gasteiger partial charge in [-0.05, 0) is 54.4 Å². The number of non-ortho nitro benzene ring substituents is 1. The molecule has 1 aromatic rings. The van der Waals surface area contributed by atoms with E-state index in [0.29, 0.717) is 5.76 Å². The maximum atomic E-state index is 10.7. The molecule has 1 aromatic carbocycles. The van der Waals surface area contributed by atoms with Gasteiger partial charge in [0.05, 0.1) is 10.7 Å². The number of hydrogen-bond acceptors (Lipinski definition) is 3. The van der Waals surface area contributed by atoms with Crippen LogP contribution < -0.4 is 0 Å². The van der Waals surface area contributed by atoms with Gasteiger partial charge in [0.1, 0.15) is 0 Å². The van der Waals surface area contributed by atoms with Crippen LogP contribution in [0.25, 0.3) is 5.57 Å². The van der Waals surface area contributed by atoms with Gasteiger partial charge in [0.15, 0.2) is 0 Å². The summed E-state index contributed by atoms with van der Waals surface area (Å²) in [5.41, 5.74) is 1.98. The molecule has 0 radical (unpaired) electrons. The zero-order valence-corrected chi connectivity index (χ0v) is 15.3. The fraction of sp³-hybridized carbons (Fsp3) is 0.412. The third-order valence-corrected chi connectivity index (χ3v) is 8.49. The molecule has 0 aliphatic carbocycles.